The Morgan fingerprint density at radius 1 is 1.00 bits per heavy atom. The molecule has 18 heavy (non-hydrogen) atoms. The van der Waals surface area contributed by atoms with E-state index < -0.39 is 0 Å². The number of hydrogen-bond acceptors (Lipinski definition) is 3. The summed E-state index contributed by atoms with van der Waals surface area (Å²) < 4.78 is 0. The average molecular weight is 244 g/mol. The molecule has 1 aromatic carbocycles. The van der Waals surface area contributed by atoms with Crippen LogP contribution in [0.4, 0.5) is 5.69 Å². The quantitative estimate of drug-likeness (QED) is 0.558. The Hall–Kier alpha value is -1.84. The van der Waals surface area contributed by atoms with E-state index in [-0.39, 0.29) is 11.8 Å². The van der Waals surface area contributed by atoms with Crippen molar-refractivity contribution in [3.05, 3.63) is 27.8 Å². The Morgan fingerprint density at radius 2 is 1.56 bits per heavy atom. The molecule has 2 aliphatic rings. The standard InChI is InChI=1S/C14H16N2O2/c1-7-8-5-3-4-6-9(8)10-11(12(7)15)14(18)16(2)13(10)17/h3-6,15H2,1-2H3. The van der Waals surface area contributed by atoms with Gasteiger partial charge in [-0.25, -0.2) is 0 Å². The molecule has 1 aliphatic carbocycles. The lowest BCUT2D eigenvalue weighted by Gasteiger charge is -2.22. The highest BCUT2D eigenvalue weighted by molar-refractivity contribution is 6.24. The lowest BCUT2D eigenvalue weighted by atomic mass is 9.82. The van der Waals surface area contributed by atoms with Crippen LogP contribution in [0.3, 0.4) is 0 Å². The molecule has 0 bridgehead atoms. The molecule has 94 valence electrons. The second-order valence-electron chi connectivity index (χ2n) is 5.12. The normalized spacial score (nSPS) is 18.0. The number of amides is 2. The second kappa shape index (κ2) is 3.57. The summed E-state index contributed by atoms with van der Waals surface area (Å²) in [6.45, 7) is 1.95. The Balaban J connectivity index is 2.39. The molecule has 2 amide bonds. The molecule has 1 aliphatic heterocycles. The van der Waals surface area contributed by atoms with Crippen LogP contribution in [0.2, 0.25) is 0 Å². The van der Waals surface area contributed by atoms with E-state index in [1.165, 1.54) is 17.5 Å². The highest BCUT2D eigenvalue weighted by Crippen LogP contribution is 2.38. The van der Waals surface area contributed by atoms with Gasteiger partial charge in [-0.05, 0) is 49.3 Å². The topological polar surface area (TPSA) is 63.4 Å². The van der Waals surface area contributed by atoms with Crippen LogP contribution in [0.25, 0.3) is 0 Å². The van der Waals surface area contributed by atoms with Gasteiger partial charge in [0.05, 0.1) is 11.1 Å². The Bertz CT molecular complexity index is 590. The number of nitrogens with two attached hydrogens (primary N) is 1. The first-order valence-electron chi connectivity index (χ1n) is 6.30. The number of benzene rings is 1. The second-order valence-corrected chi connectivity index (χ2v) is 5.12. The third kappa shape index (κ3) is 1.20. The van der Waals surface area contributed by atoms with E-state index in [9.17, 15) is 9.59 Å². The molecule has 4 heteroatoms. The smallest absolute Gasteiger partial charge is 0.263 e. The highest BCUT2D eigenvalue weighted by Gasteiger charge is 2.39. The van der Waals surface area contributed by atoms with E-state index in [1.54, 1.807) is 0 Å². The van der Waals surface area contributed by atoms with E-state index in [2.05, 4.69) is 0 Å². The van der Waals surface area contributed by atoms with Gasteiger partial charge in [0, 0.05) is 12.7 Å². The van der Waals surface area contributed by atoms with Crippen LogP contribution in [0, 0.1) is 6.92 Å². The molecule has 0 atom stereocenters. The minimum Gasteiger partial charge on any atom is -0.398 e. The van der Waals surface area contributed by atoms with Gasteiger partial charge in [0.1, 0.15) is 0 Å². The molecule has 0 aromatic heterocycles. The number of fused-ring (bicyclic) bond motifs is 3. The Labute approximate surface area is 106 Å². The molecule has 1 heterocycles. The number of imide groups is 1. The van der Waals surface area contributed by atoms with Crippen LogP contribution >= 0.6 is 0 Å². The summed E-state index contributed by atoms with van der Waals surface area (Å²) in [5, 5.41) is 0. The molecule has 3 rings (SSSR count). The first kappa shape index (κ1) is 11.3. The number of hydrogen-bond donors (Lipinski definition) is 1. The van der Waals surface area contributed by atoms with Gasteiger partial charge < -0.3 is 5.73 Å². The summed E-state index contributed by atoms with van der Waals surface area (Å²) in [7, 11) is 1.52. The van der Waals surface area contributed by atoms with E-state index in [0.717, 1.165) is 36.8 Å². The monoisotopic (exact) mass is 244 g/mol. The maximum atomic E-state index is 12.2. The van der Waals surface area contributed by atoms with Crippen LogP contribution in [0.1, 0.15) is 50.2 Å². The van der Waals surface area contributed by atoms with Crippen LogP contribution in [-0.2, 0) is 12.8 Å². The van der Waals surface area contributed by atoms with Crippen LogP contribution in [0.5, 0.6) is 0 Å². The zero-order valence-corrected chi connectivity index (χ0v) is 10.7. The first-order valence-corrected chi connectivity index (χ1v) is 6.30. The van der Waals surface area contributed by atoms with Gasteiger partial charge in [-0.15, -0.1) is 0 Å². The largest absolute Gasteiger partial charge is 0.398 e. The zero-order chi connectivity index (χ0) is 13.0. The van der Waals surface area contributed by atoms with Gasteiger partial charge in [-0.1, -0.05) is 0 Å². The summed E-state index contributed by atoms with van der Waals surface area (Å²) in [6.07, 6.45) is 4.05. The SMILES string of the molecule is Cc1c(N)c2c(c3c1CCCC3)C(=O)N(C)C2=O. The number of nitrogen functional groups attached to an aromatic ring is 1. The van der Waals surface area contributed by atoms with E-state index in [4.69, 9.17) is 5.73 Å². The van der Waals surface area contributed by atoms with Crippen molar-refractivity contribution in [2.75, 3.05) is 12.8 Å². The van der Waals surface area contributed by atoms with E-state index >= 15 is 0 Å². The number of nitrogens with zero attached hydrogens (tertiary/aromatic N) is 1. The molecule has 0 fully saturated rings. The van der Waals surface area contributed by atoms with Gasteiger partial charge in [-0.2, -0.15) is 0 Å². The van der Waals surface area contributed by atoms with Gasteiger partial charge in [0.15, 0.2) is 0 Å². The maximum Gasteiger partial charge on any atom is 0.263 e. The maximum absolute atomic E-state index is 12.2. The Kier molecular flexibility index (Phi) is 2.24. The van der Waals surface area contributed by atoms with Gasteiger partial charge in [0.2, 0.25) is 0 Å². The number of carbonyl (C=O) groups is 2. The molecule has 0 saturated heterocycles. The molecule has 1 aromatic rings. The van der Waals surface area contributed by atoms with Gasteiger partial charge in [-0.3, -0.25) is 14.5 Å². The molecular weight excluding hydrogens is 228 g/mol. The molecule has 0 saturated carbocycles. The van der Waals surface area contributed by atoms with Crippen LogP contribution < -0.4 is 5.73 Å². The molecule has 4 nitrogen and oxygen atoms in total. The summed E-state index contributed by atoms with van der Waals surface area (Å²) in [5.41, 5.74) is 10.8. The first-order chi connectivity index (χ1) is 8.54. The molecule has 0 radical (unpaired) electrons. The van der Waals surface area contributed by atoms with Gasteiger partial charge >= 0.3 is 0 Å². The van der Waals surface area contributed by atoms with Crippen molar-refractivity contribution < 1.29 is 9.59 Å². The van der Waals surface area contributed by atoms with Crippen molar-refractivity contribution in [2.24, 2.45) is 0 Å². The minimum absolute atomic E-state index is 0.195. The predicted molar refractivity (Wildman–Crippen MR) is 68.7 cm³/mol. The van der Waals surface area contributed by atoms with Crippen molar-refractivity contribution in [2.45, 2.75) is 32.6 Å². The molecular formula is C14H16N2O2. The summed E-state index contributed by atoms with van der Waals surface area (Å²) in [6, 6.07) is 0. The fourth-order valence-electron chi connectivity index (χ4n) is 3.12. The lowest BCUT2D eigenvalue weighted by Crippen LogP contribution is -2.24. The van der Waals surface area contributed by atoms with Crippen molar-refractivity contribution in [1.29, 1.82) is 0 Å². The van der Waals surface area contributed by atoms with Crippen LogP contribution in [0.15, 0.2) is 0 Å². The predicted octanol–water partition coefficient (Wildman–Crippen LogP) is 1.68. The summed E-state index contributed by atoms with van der Waals surface area (Å²) >= 11 is 0. The van der Waals surface area contributed by atoms with Crippen molar-refractivity contribution in [3.8, 4) is 0 Å². The fraction of sp³-hybridized carbons (Fsp3) is 0.429. The fourth-order valence-corrected chi connectivity index (χ4v) is 3.12. The molecule has 2 N–H and O–H groups in total. The molecule has 0 unspecified atom stereocenters. The third-order valence-corrected chi connectivity index (χ3v) is 4.18. The number of rotatable bonds is 0. The Morgan fingerprint density at radius 3 is 2.22 bits per heavy atom. The third-order valence-electron chi connectivity index (χ3n) is 4.18. The lowest BCUT2D eigenvalue weighted by molar-refractivity contribution is 0.0693. The van der Waals surface area contributed by atoms with Crippen molar-refractivity contribution in [1.82, 2.24) is 4.90 Å². The number of anilines is 1. The molecule has 0 spiro atoms. The van der Waals surface area contributed by atoms with E-state index in [0.29, 0.717) is 16.8 Å². The van der Waals surface area contributed by atoms with Crippen molar-refractivity contribution >= 4 is 17.5 Å². The highest BCUT2D eigenvalue weighted by atomic mass is 16.2. The summed E-state index contributed by atoms with van der Waals surface area (Å²) in [4.78, 5) is 25.5. The minimum atomic E-state index is -0.260. The zero-order valence-electron chi connectivity index (χ0n) is 10.7. The summed E-state index contributed by atoms with van der Waals surface area (Å²) in [5.74, 6) is -0.455. The van der Waals surface area contributed by atoms with Crippen molar-refractivity contribution in [3.63, 3.8) is 0 Å². The van der Waals surface area contributed by atoms with Crippen LogP contribution in [-0.4, -0.2) is 23.8 Å². The number of carbonyl (C=O) groups excluding carboxylic acids is 2. The van der Waals surface area contributed by atoms with E-state index in [1.807, 2.05) is 6.92 Å². The average Bonchev–Trinajstić information content (AvgIpc) is 2.61. The van der Waals surface area contributed by atoms with Gasteiger partial charge in [0.25, 0.3) is 11.8 Å².